The first kappa shape index (κ1) is 9.29. The van der Waals surface area contributed by atoms with Crippen LogP contribution in [0.4, 0.5) is 0 Å². The molecule has 0 atom stereocenters. The maximum absolute atomic E-state index is 5.26. The molecule has 0 bridgehead atoms. The molecule has 1 aliphatic carbocycles. The van der Waals surface area contributed by atoms with Crippen molar-refractivity contribution < 1.29 is 14.2 Å². The van der Waals surface area contributed by atoms with Crippen molar-refractivity contribution in [2.45, 2.75) is 12.2 Å². The molecule has 0 radical (unpaired) electrons. The maximum atomic E-state index is 5.26. The lowest BCUT2D eigenvalue weighted by Gasteiger charge is -2.32. The standard InChI is InChI=1S/C9H14O3/c1-10-8-6-4-5-7-9(8,11-2)12-3/h4-6H,7H2,1-3H3. The van der Waals surface area contributed by atoms with Gasteiger partial charge in [-0.1, -0.05) is 12.2 Å². The molecule has 0 amide bonds. The summed E-state index contributed by atoms with van der Waals surface area (Å²) in [6.07, 6.45) is 6.43. The van der Waals surface area contributed by atoms with Gasteiger partial charge in [-0.05, 0) is 6.08 Å². The van der Waals surface area contributed by atoms with Gasteiger partial charge in [-0.3, -0.25) is 0 Å². The number of ether oxygens (including phenoxy) is 3. The summed E-state index contributed by atoms with van der Waals surface area (Å²) >= 11 is 0. The molecule has 0 saturated heterocycles. The summed E-state index contributed by atoms with van der Waals surface area (Å²) in [6.45, 7) is 0. The van der Waals surface area contributed by atoms with Crippen LogP contribution < -0.4 is 0 Å². The minimum absolute atomic E-state index is 0.680. The first-order valence-corrected chi connectivity index (χ1v) is 3.80. The molecule has 0 aromatic heterocycles. The predicted molar refractivity (Wildman–Crippen MR) is 45.6 cm³/mol. The number of hydrogen-bond acceptors (Lipinski definition) is 3. The summed E-state index contributed by atoms with van der Waals surface area (Å²) in [5, 5.41) is 0. The molecular formula is C9H14O3. The van der Waals surface area contributed by atoms with E-state index in [0.717, 1.165) is 0 Å². The third-order valence-corrected chi connectivity index (χ3v) is 2.03. The monoisotopic (exact) mass is 170 g/mol. The molecule has 3 heteroatoms. The van der Waals surface area contributed by atoms with Gasteiger partial charge in [-0.15, -0.1) is 0 Å². The molecule has 0 N–H and O–H groups in total. The van der Waals surface area contributed by atoms with Crippen LogP contribution >= 0.6 is 0 Å². The quantitative estimate of drug-likeness (QED) is 0.600. The zero-order chi connectivity index (χ0) is 9.03. The van der Waals surface area contributed by atoms with Gasteiger partial charge in [-0.25, -0.2) is 0 Å². The van der Waals surface area contributed by atoms with Gasteiger partial charge in [-0.2, -0.15) is 0 Å². The molecule has 0 aromatic rings. The van der Waals surface area contributed by atoms with E-state index in [2.05, 4.69) is 0 Å². The highest BCUT2D eigenvalue weighted by atomic mass is 16.7. The Kier molecular flexibility index (Phi) is 2.89. The fourth-order valence-electron chi connectivity index (χ4n) is 1.28. The van der Waals surface area contributed by atoms with Crippen LogP contribution in [0, 0.1) is 0 Å². The smallest absolute Gasteiger partial charge is 0.230 e. The van der Waals surface area contributed by atoms with Crippen LogP contribution in [0.5, 0.6) is 0 Å². The average Bonchev–Trinajstić information content (AvgIpc) is 2.17. The zero-order valence-electron chi connectivity index (χ0n) is 7.66. The van der Waals surface area contributed by atoms with Crippen LogP contribution in [-0.2, 0) is 14.2 Å². The zero-order valence-corrected chi connectivity index (χ0v) is 7.66. The van der Waals surface area contributed by atoms with Crippen molar-refractivity contribution in [1.29, 1.82) is 0 Å². The lowest BCUT2D eigenvalue weighted by molar-refractivity contribution is -0.198. The van der Waals surface area contributed by atoms with Crippen molar-refractivity contribution in [3.05, 3.63) is 24.0 Å². The Labute approximate surface area is 72.6 Å². The Bertz CT molecular complexity index is 202. The van der Waals surface area contributed by atoms with Crippen molar-refractivity contribution in [2.24, 2.45) is 0 Å². The Balaban J connectivity index is 2.88. The molecule has 0 aromatic carbocycles. The molecule has 0 unspecified atom stereocenters. The van der Waals surface area contributed by atoms with Crippen molar-refractivity contribution >= 4 is 0 Å². The molecule has 0 aliphatic heterocycles. The van der Waals surface area contributed by atoms with Crippen LogP contribution in [0.3, 0.4) is 0 Å². The SMILES string of the molecule is COC1=CC=CCC1(OC)OC. The van der Waals surface area contributed by atoms with E-state index in [1.807, 2.05) is 18.2 Å². The van der Waals surface area contributed by atoms with E-state index < -0.39 is 5.79 Å². The van der Waals surface area contributed by atoms with Crippen molar-refractivity contribution in [3.8, 4) is 0 Å². The van der Waals surface area contributed by atoms with Crippen LogP contribution in [0.25, 0.3) is 0 Å². The number of methoxy groups -OCH3 is 3. The second kappa shape index (κ2) is 3.74. The van der Waals surface area contributed by atoms with E-state index >= 15 is 0 Å². The molecule has 68 valence electrons. The van der Waals surface area contributed by atoms with Crippen LogP contribution in [-0.4, -0.2) is 27.1 Å². The van der Waals surface area contributed by atoms with Gasteiger partial charge in [0.1, 0.15) is 0 Å². The fourth-order valence-corrected chi connectivity index (χ4v) is 1.28. The normalized spacial score (nSPS) is 20.4. The Morgan fingerprint density at radius 1 is 1.25 bits per heavy atom. The topological polar surface area (TPSA) is 27.7 Å². The van der Waals surface area contributed by atoms with Gasteiger partial charge in [0.2, 0.25) is 5.79 Å². The van der Waals surface area contributed by atoms with Crippen molar-refractivity contribution in [3.63, 3.8) is 0 Å². The Morgan fingerprint density at radius 2 is 1.92 bits per heavy atom. The average molecular weight is 170 g/mol. The summed E-state index contributed by atoms with van der Waals surface area (Å²) in [6, 6.07) is 0. The van der Waals surface area contributed by atoms with Gasteiger partial charge < -0.3 is 14.2 Å². The highest BCUT2D eigenvalue weighted by molar-refractivity contribution is 5.21. The largest absolute Gasteiger partial charge is 0.495 e. The first-order valence-electron chi connectivity index (χ1n) is 3.80. The molecule has 1 rings (SSSR count). The van der Waals surface area contributed by atoms with Crippen LogP contribution in [0.1, 0.15) is 6.42 Å². The van der Waals surface area contributed by atoms with E-state index in [4.69, 9.17) is 14.2 Å². The van der Waals surface area contributed by atoms with Gasteiger partial charge in [0.15, 0.2) is 5.76 Å². The maximum Gasteiger partial charge on any atom is 0.230 e. The highest BCUT2D eigenvalue weighted by Gasteiger charge is 2.35. The van der Waals surface area contributed by atoms with Crippen LogP contribution in [0.15, 0.2) is 24.0 Å². The number of allylic oxidation sites excluding steroid dienone is 2. The minimum atomic E-state index is -0.719. The predicted octanol–water partition coefficient (Wildman–Crippen LogP) is 1.47. The number of rotatable bonds is 3. The van der Waals surface area contributed by atoms with E-state index in [9.17, 15) is 0 Å². The third-order valence-electron chi connectivity index (χ3n) is 2.03. The molecule has 0 spiro atoms. The summed E-state index contributed by atoms with van der Waals surface area (Å²) in [4.78, 5) is 0. The van der Waals surface area contributed by atoms with E-state index in [1.54, 1.807) is 21.3 Å². The lowest BCUT2D eigenvalue weighted by atomic mass is 10.1. The minimum Gasteiger partial charge on any atom is -0.495 e. The molecular weight excluding hydrogens is 156 g/mol. The molecule has 0 saturated carbocycles. The van der Waals surface area contributed by atoms with E-state index in [1.165, 1.54) is 0 Å². The van der Waals surface area contributed by atoms with Gasteiger partial charge in [0.25, 0.3) is 0 Å². The number of hydrogen-bond donors (Lipinski definition) is 0. The molecule has 0 fully saturated rings. The summed E-state index contributed by atoms with van der Waals surface area (Å²) < 4.78 is 15.7. The third kappa shape index (κ3) is 1.38. The molecule has 0 heterocycles. The summed E-state index contributed by atoms with van der Waals surface area (Å²) in [5.41, 5.74) is 0. The molecule has 12 heavy (non-hydrogen) atoms. The Morgan fingerprint density at radius 3 is 2.33 bits per heavy atom. The highest BCUT2D eigenvalue weighted by Crippen LogP contribution is 2.29. The first-order chi connectivity index (χ1) is 5.79. The molecule has 3 nitrogen and oxygen atoms in total. The van der Waals surface area contributed by atoms with E-state index in [-0.39, 0.29) is 0 Å². The van der Waals surface area contributed by atoms with Gasteiger partial charge in [0, 0.05) is 20.6 Å². The second-order valence-corrected chi connectivity index (χ2v) is 2.53. The lowest BCUT2D eigenvalue weighted by Crippen LogP contribution is -2.37. The second-order valence-electron chi connectivity index (χ2n) is 2.53. The van der Waals surface area contributed by atoms with Crippen LogP contribution in [0.2, 0.25) is 0 Å². The van der Waals surface area contributed by atoms with Crippen molar-refractivity contribution in [1.82, 2.24) is 0 Å². The summed E-state index contributed by atoms with van der Waals surface area (Å²) in [5.74, 6) is -0.0150. The van der Waals surface area contributed by atoms with Gasteiger partial charge >= 0.3 is 0 Å². The Hall–Kier alpha value is -0.800. The van der Waals surface area contributed by atoms with E-state index in [0.29, 0.717) is 12.2 Å². The van der Waals surface area contributed by atoms with Crippen molar-refractivity contribution in [2.75, 3.05) is 21.3 Å². The fraction of sp³-hybridized carbons (Fsp3) is 0.556. The van der Waals surface area contributed by atoms with Gasteiger partial charge in [0.05, 0.1) is 7.11 Å². The summed E-state index contributed by atoms with van der Waals surface area (Å²) in [7, 11) is 4.82. The molecule has 1 aliphatic rings.